The van der Waals surface area contributed by atoms with Crippen LogP contribution in [0.15, 0.2) is 53.7 Å². The fraction of sp³-hybridized carbons (Fsp3) is 0.261. The standard InChI is InChI=1S/C23H25N5O4/c1-5-32-16-8-6-14(7-9-16)20-19(21(24)29)13(2)25-23-26-22(27-28(20)23)15-10-17(30-3)12-18(11-15)31-4/h6-12,20H,5H2,1-4H3,(H2,24,29)(H,25,26,27). The van der Waals surface area contributed by atoms with E-state index in [0.717, 1.165) is 11.3 Å². The van der Waals surface area contributed by atoms with E-state index < -0.39 is 11.9 Å². The lowest BCUT2D eigenvalue weighted by atomic mass is 9.95. The summed E-state index contributed by atoms with van der Waals surface area (Å²) in [6.45, 7) is 4.29. The van der Waals surface area contributed by atoms with Crippen molar-refractivity contribution in [2.24, 2.45) is 5.73 Å². The maximum atomic E-state index is 12.4. The Hall–Kier alpha value is -4.01. The number of amides is 1. The highest BCUT2D eigenvalue weighted by atomic mass is 16.5. The maximum absolute atomic E-state index is 12.4. The van der Waals surface area contributed by atoms with Gasteiger partial charge in [0.25, 0.3) is 0 Å². The zero-order valence-electron chi connectivity index (χ0n) is 18.4. The van der Waals surface area contributed by atoms with Crippen LogP contribution in [-0.2, 0) is 4.79 Å². The van der Waals surface area contributed by atoms with Crippen LogP contribution in [0, 0.1) is 0 Å². The van der Waals surface area contributed by atoms with Crippen molar-refractivity contribution in [2.75, 3.05) is 26.1 Å². The number of nitrogens with zero attached hydrogens (tertiary/aromatic N) is 3. The van der Waals surface area contributed by atoms with Crippen molar-refractivity contribution in [3.63, 3.8) is 0 Å². The number of methoxy groups -OCH3 is 2. The Labute approximate surface area is 185 Å². The summed E-state index contributed by atoms with van der Waals surface area (Å²) < 4.78 is 18.0. The van der Waals surface area contributed by atoms with E-state index in [0.29, 0.717) is 46.7 Å². The molecule has 1 amide bonds. The zero-order valence-corrected chi connectivity index (χ0v) is 18.4. The molecule has 3 N–H and O–H groups in total. The molecular formula is C23H25N5O4. The summed E-state index contributed by atoms with van der Waals surface area (Å²) in [5, 5.41) is 7.87. The molecule has 1 atom stereocenters. The Morgan fingerprint density at radius 2 is 1.75 bits per heavy atom. The molecule has 1 aromatic heterocycles. The van der Waals surface area contributed by atoms with Gasteiger partial charge < -0.3 is 25.3 Å². The summed E-state index contributed by atoms with van der Waals surface area (Å²) in [4.78, 5) is 17.0. The molecule has 0 fully saturated rings. The van der Waals surface area contributed by atoms with Gasteiger partial charge >= 0.3 is 0 Å². The van der Waals surface area contributed by atoms with Crippen LogP contribution in [0.25, 0.3) is 11.4 Å². The van der Waals surface area contributed by atoms with Crippen molar-refractivity contribution in [3.8, 4) is 28.6 Å². The van der Waals surface area contributed by atoms with Gasteiger partial charge in [0.15, 0.2) is 5.82 Å². The summed E-state index contributed by atoms with van der Waals surface area (Å²) in [7, 11) is 3.17. The molecule has 2 aromatic carbocycles. The van der Waals surface area contributed by atoms with Gasteiger partial charge in [0.1, 0.15) is 23.3 Å². The molecule has 3 aromatic rings. The van der Waals surface area contributed by atoms with Gasteiger partial charge in [-0.05, 0) is 43.7 Å². The van der Waals surface area contributed by atoms with Gasteiger partial charge in [-0.15, -0.1) is 5.10 Å². The van der Waals surface area contributed by atoms with E-state index in [9.17, 15) is 4.79 Å². The first kappa shape index (κ1) is 21.2. The van der Waals surface area contributed by atoms with Gasteiger partial charge in [-0.3, -0.25) is 4.79 Å². The third kappa shape index (κ3) is 3.84. The van der Waals surface area contributed by atoms with Crippen molar-refractivity contribution in [3.05, 3.63) is 59.3 Å². The van der Waals surface area contributed by atoms with Crippen molar-refractivity contribution in [1.82, 2.24) is 14.8 Å². The highest BCUT2D eigenvalue weighted by molar-refractivity contribution is 5.95. The predicted octanol–water partition coefficient (Wildman–Crippen LogP) is 3.14. The first-order chi connectivity index (χ1) is 15.4. The smallest absolute Gasteiger partial charge is 0.248 e. The van der Waals surface area contributed by atoms with Gasteiger partial charge in [0.05, 0.1) is 26.4 Å². The summed E-state index contributed by atoms with van der Waals surface area (Å²) in [5.74, 6) is 2.42. The molecule has 1 aliphatic rings. The molecule has 0 saturated heterocycles. The minimum Gasteiger partial charge on any atom is -0.497 e. The lowest BCUT2D eigenvalue weighted by molar-refractivity contribution is -0.115. The second kappa shape index (κ2) is 8.62. The molecule has 0 bridgehead atoms. The fourth-order valence-corrected chi connectivity index (χ4v) is 3.75. The highest BCUT2D eigenvalue weighted by Gasteiger charge is 2.33. The molecule has 0 saturated carbocycles. The predicted molar refractivity (Wildman–Crippen MR) is 120 cm³/mol. The zero-order chi connectivity index (χ0) is 22.8. The Balaban J connectivity index is 1.83. The molecule has 9 nitrogen and oxygen atoms in total. The van der Waals surface area contributed by atoms with Crippen LogP contribution in [0.5, 0.6) is 17.2 Å². The molecule has 4 rings (SSSR count). The summed E-state index contributed by atoms with van der Waals surface area (Å²) in [5.41, 5.74) is 8.36. The summed E-state index contributed by atoms with van der Waals surface area (Å²) in [6.07, 6.45) is 0. The molecule has 9 heteroatoms. The molecule has 0 radical (unpaired) electrons. The first-order valence-corrected chi connectivity index (χ1v) is 10.2. The van der Waals surface area contributed by atoms with Crippen molar-refractivity contribution in [2.45, 2.75) is 19.9 Å². The van der Waals surface area contributed by atoms with Crippen LogP contribution in [0.2, 0.25) is 0 Å². The van der Waals surface area contributed by atoms with E-state index in [4.69, 9.17) is 25.0 Å². The third-order valence-electron chi connectivity index (χ3n) is 5.23. The average molecular weight is 435 g/mol. The van der Waals surface area contributed by atoms with Crippen LogP contribution in [0.3, 0.4) is 0 Å². The number of fused-ring (bicyclic) bond motifs is 1. The van der Waals surface area contributed by atoms with Crippen molar-refractivity contribution < 1.29 is 19.0 Å². The number of anilines is 1. The number of nitrogens with two attached hydrogens (primary N) is 1. The molecule has 0 spiro atoms. The molecular weight excluding hydrogens is 410 g/mol. The average Bonchev–Trinajstić information content (AvgIpc) is 3.22. The number of rotatable bonds is 7. The van der Waals surface area contributed by atoms with Crippen LogP contribution in [-0.4, -0.2) is 41.5 Å². The van der Waals surface area contributed by atoms with E-state index in [1.807, 2.05) is 43.3 Å². The van der Waals surface area contributed by atoms with E-state index in [1.54, 1.807) is 31.9 Å². The molecule has 166 valence electrons. The van der Waals surface area contributed by atoms with Gasteiger partial charge in [-0.1, -0.05) is 12.1 Å². The van der Waals surface area contributed by atoms with E-state index in [1.165, 1.54) is 0 Å². The number of carbonyl (C=O) groups excluding carboxylic acids is 1. The van der Waals surface area contributed by atoms with E-state index in [-0.39, 0.29) is 0 Å². The number of benzene rings is 2. The maximum Gasteiger partial charge on any atom is 0.248 e. The number of hydrogen-bond acceptors (Lipinski definition) is 7. The van der Waals surface area contributed by atoms with Crippen LogP contribution >= 0.6 is 0 Å². The topological polar surface area (TPSA) is 114 Å². The van der Waals surface area contributed by atoms with Gasteiger partial charge in [0, 0.05) is 17.3 Å². The van der Waals surface area contributed by atoms with Crippen LogP contribution in [0.4, 0.5) is 5.95 Å². The normalized spacial score (nSPS) is 15.1. The molecule has 32 heavy (non-hydrogen) atoms. The quantitative estimate of drug-likeness (QED) is 0.586. The van der Waals surface area contributed by atoms with Crippen molar-refractivity contribution >= 4 is 11.9 Å². The van der Waals surface area contributed by atoms with Crippen LogP contribution in [0.1, 0.15) is 25.5 Å². The SMILES string of the molecule is CCOc1ccc(C2C(C(N)=O)=C(C)Nc3nc(-c4cc(OC)cc(OC)c4)nn32)cc1. The second-order valence-corrected chi connectivity index (χ2v) is 7.24. The number of allylic oxidation sites excluding steroid dienone is 1. The second-order valence-electron chi connectivity index (χ2n) is 7.24. The summed E-state index contributed by atoms with van der Waals surface area (Å²) in [6, 6.07) is 12.4. The lowest BCUT2D eigenvalue weighted by Crippen LogP contribution is -2.31. The molecule has 1 unspecified atom stereocenters. The largest absolute Gasteiger partial charge is 0.497 e. The Morgan fingerprint density at radius 3 is 2.31 bits per heavy atom. The molecule has 0 aliphatic carbocycles. The minimum atomic E-state index is -0.534. The number of hydrogen-bond donors (Lipinski definition) is 2. The first-order valence-electron chi connectivity index (χ1n) is 10.2. The van der Waals surface area contributed by atoms with Crippen LogP contribution < -0.4 is 25.3 Å². The number of ether oxygens (including phenoxy) is 3. The van der Waals surface area contributed by atoms with E-state index >= 15 is 0 Å². The van der Waals surface area contributed by atoms with Gasteiger partial charge in [-0.25, -0.2) is 4.68 Å². The highest BCUT2D eigenvalue weighted by Crippen LogP contribution is 2.37. The Bertz CT molecular complexity index is 1160. The number of nitrogens with one attached hydrogen (secondary N) is 1. The number of aromatic nitrogens is 3. The van der Waals surface area contributed by atoms with Gasteiger partial charge in [-0.2, -0.15) is 4.98 Å². The van der Waals surface area contributed by atoms with Gasteiger partial charge in [0.2, 0.25) is 11.9 Å². The minimum absolute atomic E-state index is 0.418. The number of primary amides is 1. The number of carbonyl (C=O) groups is 1. The van der Waals surface area contributed by atoms with Crippen molar-refractivity contribution in [1.29, 1.82) is 0 Å². The summed E-state index contributed by atoms with van der Waals surface area (Å²) >= 11 is 0. The fourth-order valence-electron chi connectivity index (χ4n) is 3.75. The monoisotopic (exact) mass is 435 g/mol. The Morgan fingerprint density at radius 1 is 1.09 bits per heavy atom. The third-order valence-corrected chi connectivity index (χ3v) is 5.23. The molecule has 2 heterocycles. The molecule has 1 aliphatic heterocycles. The Kier molecular flexibility index (Phi) is 5.72. The van der Waals surface area contributed by atoms with E-state index in [2.05, 4.69) is 10.3 Å². The lowest BCUT2D eigenvalue weighted by Gasteiger charge is -2.27.